The van der Waals surface area contributed by atoms with Crippen LogP contribution in [0.2, 0.25) is 0 Å². The first-order chi connectivity index (χ1) is 9.63. The van der Waals surface area contributed by atoms with Crippen molar-refractivity contribution in [3.8, 4) is 0 Å². The van der Waals surface area contributed by atoms with Gasteiger partial charge in [-0.3, -0.25) is 4.68 Å². The molecule has 0 saturated heterocycles. The Kier molecular flexibility index (Phi) is 5.29. The molecule has 6 nitrogen and oxygen atoms in total. The van der Waals surface area contributed by atoms with Crippen LogP contribution in [0.25, 0.3) is 0 Å². The van der Waals surface area contributed by atoms with E-state index in [0.717, 1.165) is 25.2 Å². The van der Waals surface area contributed by atoms with Crippen molar-refractivity contribution in [3.05, 3.63) is 30.2 Å². The van der Waals surface area contributed by atoms with Gasteiger partial charge in [0, 0.05) is 24.9 Å². The third-order valence-electron chi connectivity index (χ3n) is 3.08. The third-order valence-corrected chi connectivity index (χ3v) is 3.08. The van der Waals surface area contributed by atoms with E-state index in [1.54, 1.807) is 6.20 Å². The fraction of sp³-hybridized carbons (Fsp3) is 0.643. The van der Waals surface area contributed by atoms with Crippen LogP contribution in [0.15, 0.2) is 23.0 Å². The summed E-state index contributed by atoms with van der Waals surface area (Å²) >= 11 is 0. The molecule has 6 heteroatoms. The predicted molar refractivity (Wildman–Crippen MR) is 76.0 cm³/mol. The molecule has 0 bridgehead atoms. The van der Waals surface area contributed by atoms with E-state index >= 15 is 0 Å². The first kappa shape index (κ1) is 14.7. The molecule has 0 radical (unpaired) electrons. The maximum Gasteiger partial charge on any atom is 0.240 e. The Bertz CT molecular complexity index is 491. The SMILES string of the molecule is CC(C)CCc1noc(CN[C@H](C)Cn2cccn2)n1. The summed E-state index contributed by atoms with van der Waals surface area (Å²) in [7, 11) is 0. The summed E-state index contributed by atoms with van der Waals surface area (Å²) in [5, 5.41) is 11.5. The summed E-state index contributed by atoms with van der Waals surface area (Å²) in [6.07, 6.45) is 5.70. The Morgan fingerprint density at radius 2 is 2.20 bits per heavy atom. The van der Waals surface area contributed by atoms with Gasteiger partial charge < -0.3 is 9.84 Å². The maximum atomic E-state index is 5.24. The normalized spacial score (nSPS) is 13.0. The Morgan fingerprint density at radius 1 is 1.35 bits per heavy atom. The van der Waals surface area contributed by atoms with E-state index in [-0.39, 0.29) is 0 Å². The molecule has 0 aliphatic carbocycles. The summed E-state index contributed by atoms with van der Waals surface area (Å²) in [6.45, 7) is 7.91. The molecule has 2 aromatic rings. The standard InChI is InChI=1S/C14H23N5O/c1-11(2)5-6-13-17-14(20-18-13)9-15-12(3)10-19-8-4-7-16-19/h4,7-8,11-12,15H,5-6,9-10H2,1-3H3/t12-/m1/s1. The lowest BCUT2D eigenvalue weighted by Crippen LogP contribution is -2.30. The van der Waals surface area contributed by atoms with Crippen LogP contribution in [0, 0.1) is 5.92 Å². The van der Waals surface area contributed by atoms with Gasteiger partial charge in [0.1, 0.15) is 0 Å². The van der Waals surface area contributed by atoms with Crippen LogP contribution in [-0.4, -0.2) is 26.0 Å². The Hall–Kier alpha value is -1.69. The van der Waals surface area contributed by atoms with Crippen molar-refractivity contribution in [1.82, 2.24) is 25.2 Å². The number of nitrogens with one attached hydrogen (secondary N) is 1. The van der Waals surface area contributed by atoms with Crippen molar-refractivity contribution in [2.75, 3.05) is 0 Å². The molecule has 0 unspecified atom stereocenters. The molecule has 1 N–H and O–H groups in total. The highest BCUT2D eigenvalue weighted by atomic mass is 16.5. The van der Waals surface area contributed by atoms with Gasteiger partial charge in [0.25, 0.3) is 0 Å². The highest BCUT2D eigenvalue weighted by Gasteiger charge is 2.09. The van der Waals surface area contributed by atoms with Crippen LogP contribution in [0.3, 0.4) is 0 Å². The second-order valence-electron chi connectivity index (χ2n) is 5.55. The molecular weight excluding hydrogens is 254 g/mol. The highest BCUT2D eigenvalue weighted by molar-refractivity contribution is 4.87. The summed E-state index contributed by atoms with van der Waals surface area (Å²) < 4.78 is 7.14. The van der Waals surface area contributed by atoms with E-state index in [1.165, 1.54) is 0 Å². The van der Waals surface area contributed by atoms with Crippen molar-refractivity contribution < 1.29 is 4.52 Å². The summed E-state index contributed by atoms with van der Waals surface area (Å²) in [5.74, 6) is 2.11. The van der Waals surface area contributed by atoms with Crippen LogP contribution < -0.4 is 5.32 Å². The van der Waals surface area contributed by atoms with Crippen LogP contribution in [-0.2, 0) is 19.5 Å². The van der Waals surface area contributed by atoms with E-state index < -0.39 is 0 Å². The number of hydrogen-bond acceptors (Lipinski definition) is 5. The average Bonchev–Trinajstić information content (AvgIpc) is 3.05. The predicted octanol–water partition coefficient (Wildman–Crippen LogP) is 2.03. The molecule has 0 spiro atoms. The van der Waals surface area contributed by atoms with E-state index in [2.05, 4.69) is 41.3 Å². The molecule has 0 fully saturated rings. The molecule has 0 saturated carbocycles. The number of hydrogen-bond donors (Lipinski definition) is 1. The molecule has 0 aliphatic rings. The third kappa shape index (κ3) is 4.77. The molecule has 0 aliphatic heterocycles. The lowest BCUT2D eigenvalue weighted by Gasteiger charge is -2.11. The zero-order chi connectivity index (χ0) is 14.4. The fourth-order valence-corrected chi connectivity index (χ4v) is 1.90. The first-order valence-electron chi connectivity index (χ1n) is 7.15. The molecule has 1 atom stereocenters. The largest absolute Gasteiger partial charge is 0.338 e. The monoisotopic (exact) mass is 277 g/mol. The second kappa shape index (κ2) is 7.19. The van der Waals surface area contributed by atoms with Crippen LogP contribution in [0.5, 0.6) is 0 Å². The topological polar surface area (TPSA) is 68.8 Å². The van der Waals surface area contributed by atoms with Crippen molar-refractivity contribution in [1.29, 1.82) is 0 Å². The van der Waals surface area contributed by atoms with Crippen LogP contribution >= 0.6 is 0 Å². The van der Waals surface area contributed by atoms with Crippen molar-refractivity contribution in [3.63, 3.8) is 0 Å². The number of aryl methyl sites for hydroxylation is 1. The maximum absolute atomic E-state index is 5.24. The van der Waals surface area contributed by atoms with Gasteiger partial charge in [-0.25, -0.2) is 0 Å². The van der Waals surface area contributed by atoms with E-state index in [9.17, 15) is 0 Å². The van der Waals surface area contributed by atoms with Crippen LogP contribution in [0.4, 0.5) is 0 Å². The van der Waals surface area contributed by atoms with Gasteiger partial charge in [-0.15, -0.1) is 0 Å². The number of nitrogens with zero attached hydrogens (tertiary/aromatic N) is 4. The highest BCUT2D eigenvalue weighted by Crippen LogP contribution is 2.06. The lowest BCUT2D eigenvalue weighted by molar-refractivity contribution is 0.346. The minimum Gasteiger partial charge on any atom is -0.338 e. The van der Waals surface area contributed by atoms with Gasteiger partial charge in [-0.1, -0.05) is 19.0 Å². The fourth-order valence-electron chi connectivity index (χ4n) is 1.90. The lowest BCUT2D eigenvalue weighted by atomic mass is 10.1. The smallest absolute Gasteiger partial charge is 0.240 e. The van der Waals surface area contributed by atoms with Crippen molar-refractivity contribution in [2.24, 2.45) is 5.92 Å². The zero-order valence-electron chi connectivity index (χ0n) is 12.4. The molecule has 0 amide bonds. The summed E-state index contributed by atoms with van der Waals surface area (Å²) in [6, 6.07) is 2.21. The average molecular weight is 277 g/mol. The van der Waals surface area contributed by atoms with Gasteiger partial charge in [0.2, 0.25) is 5.89 Å². The minimum absolute atomic E-state index is 0.293. The quantitative estimate of drug-likeness (QED) is 0.799. The Balaban J connectivity index is 1.73. The van der Waals surface area contributed by atoms with Gasteiger partial charge in [0.05, 0.1) is 13.1 Å². The van der Waals surface area contributed by atoms with E-state index in [4.69, 9.17) is 4.52 Å². The minimum atomic E-state index is 0.293. The van der Waals surface area contributed by atoms with Gasteiger partial charge in [0.15, 0.2) is 5.82 Å². The van der Waals surface area contributed by atoms with Crippen molar-refractivity contribution >= 4 is 0 Å². The van der Waals surface area contributed by atoms with Crippen LogP contribution in [0.1, 0.15) is 38.9 Å². The molecule has 2 rings (SSSR count). The van der Waals surface area contributed by atoms with Crippen molar-refractivity contribution in [2.45, 2.75) is 52.7 Å². The van der Waals surface area contributed by atoms with E-state index in [0.29, 0.717) is 24.4 Å². The van der Waals surface area contributed by atoms with Gasteiger partial charge in [-0.05, 0) is 25.3 Å². The molecule has 110 valence electrons. The summed E-state index contributed by atoms with van der Waals surface area (Å²) in [4.78, 5) is 4.39. The molecule has 2 heterocycles. The van der Waals surface area contributed by atoms with Gasteiger partial charge in [-0.2, -0.15) is 10.1 Å². The Morgan fingerprint density at radius 3 is 2.90 bits per heavy atom. The number of rotatable bonds is 8. The van der Waals surface area contributed by atoms with E-state index in [1.807, 2.05) is 16.9 Å². The Labute approximate surface area is 119 Å². The summed E-state index contributed by atoms with van der Waals surface area (Å²) in [5.41, 5.74) is 0. The molecule has 0 aromatic carbocycles. The zero-order valence-corrected chi connectivity index (χ0v) is 12.4. The molecule has 20 heavy (non-hydrogen) atoms. The number of aromatic nitrogens is 4. The van der Waals surface area contributed by atoms with Gasteiger partial charge >= 0.3 is 0 Å². The second-order valence-corrected chi connectivity index (χ2v) is 5.55. The molecule has 2 aromatic heterocycles. The first-order valence-corrected chi connectivity index (χ1v) is 7.15. The molecular formula is C14H23N5O.